The zero-order valence-electron chi connectivity index (χ0n) is 11.5. The maximum absolute atomic E-state index is 11.8. The zero-order chi connectivity index (χ0) is 16.5. The third-order valence-corrected chi connectivity index (χ3v) is 4.52. The minimum Gasteiger partial charge on any atom is -0.479 e. The van der Waals surface area contributed by atoms with E-state index in [9.17, 15) is 14.2 Å². The summed E-state index contributed by atoms with van der Waals surface area (Å²) >= 11 is 0. The molecule has 1 heterocycles. The number of ether oxygens (including phenoxy) is 1. The van der Waals surface area contributed by atoms with Crippen LogP contribution in [0.3, 0.4) is 0 Å². The average Bonchev–Trinajstić information content (AvgIpc) is 2.82. The Balaban J connectivity index is 1.98. The molecule has 2 aliphatic rings. The van der Waals surface area contributed by atoms with Gasteiger partial charge in [-0.3, -0.25) is 9.46 Å². The first-order valence-corrected chi connectivity index (χ1v) is 8.33. The highest BCUT2D eigenvalue weighted by Gasteiger charge is 2.42. The molecule has 1 fully saturated rings. The van der Waals surface area contributed by atoms with Gasteiger partial charge in [0, 0.05) is 12.2 Å². The van der Waals surface area contributed by atoms with Gasteiger partial charge in [-0.2, -0.15) is 0 Å². The van der Waals surface area contributed by atoms with E-state index < -0.39 is 31.7 Å². The molecule has 22 heavy (non-hydrogen) atoms. The third kappa shape index (κ3) is 3.84. The fourth-order valence-corrected chi connectivity index (χ4v) is 3.18. The molecule has 11 heteroatoms. The summed E-state index contributed by atoms with van der Waals surface area (Å²) in [6.45, 7) is 0. The molecule has 2 rings (SSSR count). The normalized spacial score (nSPS) is 30.2. The Morgan fingerprint density at radius 1 is 1.50 bits per heavy atom. The SMILES string of the molecule is NC1C=CN(C2CCC(OC(C(=O)O)P(=O)(O)O)C2)C(=O)N1. The maximum Gasteiger partial charge on any atom is 0.365 e. The van der Waals surface area contributed by atoms with Crippen molar-refractivity contribution in [1.29, 1.82) is 0 Å². The summed E-state index contributed by atoms with van der Waals surface area (Å²) < 4.78 is 16.2. The van der Waals surface area contributed by atoms with Crippen molar-refractivity contribution in [3.63, 3.8) is 0 Å². The Labute approximate surface area is 126 Å². The van der Waals surface area contributed by atoms with Crippen LogP contribution in [0.25, 0.3) is 0 Å². The van der Waals surface area contributed by atoms with Gasteiger partial charge in [0.15, 0.2) is 0 Å². The van der Waals surface area contributed by atoms with Gasteiger partial charge in [0.1, 0.15) is 0 Å². The van der Waals surface area contributed by atoms with Crippen molar-refractivity contribution in [2.24, 2.45) is 5.73 Å². The largest absolute Gasteiger partial charge is 0.479 e. The van der Waals surface area contributed by atoms with Crippen LogP contribution in [0.2, 0.25) is 0 Å². The van der Waals surface area contributed by atoms with Gasteiger partial charge >= 0.3 is 19.6 Å². The number of hydrogen-bond donors (Lipinski definition) is 5. The molecule has 0 bridgehead atoms. The van der Waals surface area contributed by atoms with Gasteiger partial charge in [-0.25, -0.2) is 9.59 Å². The predicted octanol–water partition coefficient (Wildman–Crippen LogP) is -0.664. The number of nitrogens with zero attached hydrogens (tertiary/aromatic N) is 1. The van der Waals surface area contributed by atoms with Crippen LogP contribution < -0.4 is 11.1 Å². The number of hydrogen-bond acceptors (Lipinski definition) is 5. The summed E-state index contributed by atoms with van der Waals surface area (Å²) in [6, 6.07) is -0.606. The molecule has 0 radical (unpaired) electrons. The number of carboxylic acid groups (broad SMARTS) is 1. The lowest BCUT2D eigenvalue weighted by atomic mass is 10.2. The molecule has 6 N–H and O–H groups in total. The van der Waals surface area contributed by atoms with Gasteiger partial charge in [0.2, 0.25) is 0 Å². The number of aliphatic carboxylic acids is 1. The van der Waals surface area contributed by atoms with Crippen molar-refractivity contribution in [1.82, 2.24) is 10.2 Å². The molecule has 1 aliphatic carbocycles. The van der Waals surface area contributed by atoms with Crippen molar-refractivity contribution in [3.8, 4) is 0 Å². The molecule has 0 saturated heterocycles. The van der Waals surface area contributed by atoms with E-state index in [1.54, 1.807) is 12.3 Å². The Morgan fingerprint density at radius 2 is 2.18 bits per heavy atom. The van der Waals surface area contributed by atoms with Crippen LogP contribution in [0, 0.1) is 0 Å². The molecule has 4 atom stereocenters. The first-order valence-electron chi connectivity index (χ1n) is 6.64. The number of carbonyl (C=O) groups is 2. The molecule has 1 aliphatic heterocycles. The Morgan fingerprint density at radius 3 is 2.73 bits per heavy atom. The standard InChI is InChI=1S/C11H18N3O7P/c12-8-3-4-14(11(17)13-8)6-1-2-7(5-6)21-10(9(15)16)22(18,19)20/h3-4,6-8,10H,1-2,5,12H2,(H,13,17)(H,15,16)(H2,18,19,20). The first-order chi connectivity index (χ1) is 10.2. The van der Waals surface area contributed by atoms with Crippen LogP contribution in [-0.2, 0) is 14.1 Å². The highest BCUT2D eigenvalue weighted by molar-refractivity contribution is 7.53. The lowest BCUT2D eigenvalue weighted by Crippen LogP contribution is -2.52. The van der Waals surface area contributed by atoms with Crippen LogP contribution in [0.4, 0.5) is 4.79 Å². The molecule has 0 aromatic rings. The van der Waals surface area contributed by atoms with Crippen LogP contribution in [0.1, 0.15) is 19.3 Å². The number of urea groups is 1. The molecule has 124 valence electrons. The second-order valence-corrected chi connectivity index (χ2v) is 6.88. The van der Waals surface area contributed by atoms with E-state index in [1.165, 1.54) is 4.90 Å². The Bertz CT molecular complexity index is 534. The minimum absolute atomic E-state index is 0.236. The van der Waals surface area contributed by atoms with E-state index in [0.717, 1.165) is 0 Å². The molecular formula is C11H18N3O7P. The van der Waals surface area contributed by atoms with Gasteiger partial charge in [-0.05, 0) is 25.3 Å². The van der Waals surface area contributed by atoms with Gasteiger partial charge in [-0.1, -0.05) is 0 Å². The number of carbonyl (C=O) groups excluding carboxylic acids is 1. The van der Waals surface area contributed by atoms with Crippen LogP contribution in [-0.4, -0.2) is 56.0 Å². The van der Waals surface area contributed by atoms with Crippen molar-refractivity contribution >= 4 is 19.6 Å². The number of carboxylic acids is 1. The van der Waals surface area contributed by atoms with Crippen molar-refractivity contribution in [3.05, 3.63) is 12.3 Å². The second kappa shape index (κ2) is 6.35. The summed E-state index contributed by atoms with van der Waals surface area (Å²) in [4.78, 5) is 42.1. The van der Waals surface area contributed by atoms with E-state index in [-0.39, 0.29) is 18.5 Å². The predicted molar refractivity (Wildman–Crippen MR) is 73.5 cm³/mol. The average molecular weight is 335 g/mol. The summed E-state index contributed by atoms with van der Waals surface area (Å²) in [5, 5.41) is 11.4. The highest BCUT2D eigenvalue weighted by Crippen LogP contribution is 2.44. The minimum atomic E-state index is -4.90. The van der Waals surface area contributed by atoms with Crippen LogP contribution in [0.15, 0.2) is 12.3 Å². The van der Waals surface area contributed by atoms with E-state index in [1.807, 2.05) is 0 Å². The fraction of sp³-hybridized carbons (Fsp3) is 0.636. The van der Waals surface area contributed by atoms with E-state index in [2.05, 4.69) is 5.32 Å². The molecule has 0 spiro atoms. The smallest absolute Gasteiger partial charge is 0.365 e. The lowest BCUT2D eigenvalue weighted by Gasteiger charge is -2.30. The number of nitrogens with one attached hydrogen (secondary N) is 1. The number of nitrogens with two attached hydrogens (primary N) is 1. The molecule has 10 nitrogen and oxygen atoms in total. The summed E-state index contributed by atoms with van der Waals surface area (Å²) in [6.07, 6.45) is 3.18. The van der Waals surface area contributed by atoms with Crippen molar-refractivity contribution in [2.45, 2.75) is 43.4 Å². The van der Waals surface area contributed by atoms with Crippen molar-refractivity contribution in [2.75, 3.05) is 0 Å². The van der Waals surface area contributed by atoms with Gasteiger partial charge < -0.3 is 30.7 Å². The van der Waals surface area contributed by atoms with Crippen molar-refractivity contribution < 1.29 is 33.8 Å². The Hall–Kier alpha value is -1.45. The fourth-order valence-electron chi connectivity index (χ4n) is 2.56. The monoisotopic (exact) mass is 335 g/mol. The summed E-state index contributed by atoms with van der Waals surface area (Å²) in [5.41, 5.74) is 5.54. The number of amides is 2. The lowest BCUT2D eigenvalue weighted by molar-refractivity contribution is -0.148. The van der Waals surface area contributed by atoms with Gasteiger partial charge in [0.05, 0.1) is 12.3 Å². The molecular weight excluding hydrogens is 317 g/mol. The third-order valence-electron chi connectivity index (χ3n) is 3.57. The topological polar surface area (TPSA) is 162 Å². The van der Waals surface area contributed by atoms with E-state index in [0.29, 0.717) is 12.8 Å². The number of rotatable bonds is 5. The van der Waals surface area contributed by atoms with Crippen LogP contribution in [0.5, 0.6) is 0 Å². The molecule has 1 saturated carbocycles. The molecule has 0 aromatic carbocycles. The van der Waals surface area contributed by atoms with E-state index in [4.69, 9.17) is 25.4 Å². The first kappa shape index (κ1) is 16.9. The van der Waals surface area contributed by atoms with Crippen LogP contribution >= 0.6 is 7.60 Å². The van der Waals surface area contributed by atoms with E-state index >= 15 is 0 Å². The van der Waals surface area contributed by atoms with Gasteiger partial charge in [-0.15, -0.1) is 0 Å². The van der Waals surface area contributed by atoms with Gasteiger partial charge in [0.25, 0.3) is 5.85 Å². The molecule has 4 unspecified atom stereocenters. The molecule has 2 amide bonds. The molecule has 0 aromatic heterocycles. The quantitative estimate of drug-likeness (QED) is 0.413. The highest BCUT2D eigenvalue weighted by atomic mass is 31.2. The second-order valence-electron chi connectivity index (χ2n) is 5.23. The maximum atomic E-state index is 11.8. The zero-order valence-corrected chi connectivity index (χ0v) is 12.4. The summed E-state index contributed by atoms with van der Waals surface area (Å²) in [5.74, 6) is -3.89. The Kier molecular flexibility index (Phi) is 4.88. The summed E-state index contributed by atoms with van der Waals surface area (Å²) in [7, 11) is -4.90.